The van der Waals surface area contributed by atoms with Crippen molar-refractivity contribution in [2.45, 2.75) is 12.8 Å². The van der Waals surface area contributed by atoms with Crippen molar-refractivity contribution in [2.24, 2.45) is 5.92 Å². The lowest BCUT2D eigenvalue weighted by atomic mass is 9.97. The molecule has 3 heterocycles. The highest BCUT2D eigenvalue weighted by molar-refractivity contribution is 7.22. The number of hydrogen-bond donors (Lipinski definition) is 1. The predicted molar refractivity (Wildman–Crippen MR) is 95.6 cm³/mol. The number of hydrogen-bond acceptors (Lipinski definition) is 5. The number of carbonyl (C=O) groups is 2. The van der Waals surface area contributed by atoms with Crippen LogP contribution in [0.5, 0.6) is 0 Å². The van der Waals surface area contributed by atoms with Gasteiger partial charge in [0.25, 0.3) is 5.91 Å². The molecular formula is C18H17N3O3S. The van der Waals surface area contributed by atoms with Crippen molar-refractivity contribution in [1.29, 1.82) is 0 Å². The normalized spacial score (nSPS) is 17.6. The summed E-state index contributed by atoms with van der Waals surface area (Å²) in [7, 11) is 0. The third kappa shape index (κ3) is 3.28. The van der Waals surface area contributed by atoms with Crippen molar-refractivity contribution in [3.8, 4) is 0 Å². The molecule has 0 saturated carbocycles. The molecular weight excluding hydrogens is 338 g/mol. The highest BCUT2D eigenvalue weighted by Crippen LogP contribution is 2.27. The van der Waals surface area contributed by atoms with Gasteiger partial charge < -0.3 is 14.6 Å². The monoisotopic (exact) mass is 355 g/mol. The average molecular weight is 355 g/mol. The number of fused-ring (bicyclic) bond motifs is 1. The second-order valence-electron chi connectivity index (χ2n) is 6.04. The highest BCUT2D eigenvalue weighted by atomic mass is 32.1. The molecule has 1 fully saturated rings. The van der Waals surface area contributed by atoms with E-state index in [1.807, 2.05) is 24.3 Å². The van der Waals surface area contributed by atoms with Crippen molar-refractivity contribution >= 4 is 38.5 Å². The van der Waals surface area contributed by atoms with Gasteiger partial charge in [-0.15, -0.1) is 0 Å². The minimum atomic E-state index is -0.236. The van der Waals surface area contributed by atoms with Gasteiger partial charge in [-0.2, -0.15) is 0 Å². The van der Waals surface area contributed by atoms with Crippen LogP contribution in [0.25, 0.3) is 10.2 Å². The molecule has 1 atom stereocenters. The lowest BCUT2D eigenvalue weighted by molar-refractivity contribution is -0.121. The van der Waals surface area contributed by atoms with Crippen molar-refractivity contribution in [3.05, 3.63) is 48.4 Å². The van der Waals surface area contributed by atoms with E-state index in [1.54, 1.807) is 17.0 Å². The van der Waals surface area contributed by atoms with E-state index in [0.29, 0.717) is 24.0 Å². The van der Waals surface area contributed by atoms with Crippen LogP contribution in [-0.4, -0.2) is 34.8 Å². The van der Waals surface area contributed by atoms with Crippen molar-refractivity contribution < 1.29 is 14.0 Å². The van der Waals surface area contributed by atoms with E-state index in [4.69, 9.17) is 4.42 Å². The van der Waals surface area contributed by atoms with Crippen LogP contribution in [0.3, 0.4) is 0 Å². The van der Waals surface area contributed by atoms with E-state index in [2.05, 4.69) is 10.3 Å². The molecule has 1 saturated heterocycles. The zero-order valence-electron chi connectivity index (χ0n) is 13.5. The lowest BCUT2D eigenvalue weighted by Gasteiger charge is -2.31. The standard InChI is InChI=1S/C18H17N3O3S/c22-16(20-18-19-13-6-1-2-8-15(13)25-18)12-5-3-9-21(11-12)17(23)14-7-4-10-24-14/h1-2,4,6-8,10,12H,3,5,9,11H2,(H,19,20,22). The second-order valence-corrected chi connectivity index (χ2v) is 7.07. The number of nitrogens with one attached hydrogen (secondary N) is 1. The number of amides is 2. The van der Waals surface area contributed by atoms with E-state index in [0.717, 1.165) is 23.1 Å². The number of rotatable bonds is 3. The molecule has 6 nitrogen and oxygen atoms in total. The molecule has 1 aromatic carbocycles. The third-order valence-corrected chi connectivity index (χ3v) is 5.29. The summed E-state index contributed by atoms with van der Waals surface area (Å²) in [4.78, 5) is 31.1. The van der Waals surface area contributed by atoms with Crippen LogP contribution in [0.4, 0.5) is 5.13 Å². The van der Waals surface area contributed by atoms with E-state index in [-0.39, 0.29) is 17.7 Å². The van der Waals surface area contributed by atoms with Crippen LogP contribution < -0.4 is 5.32 Å². The van der Waals surface area contributed by atoms with E-state index < -0.39 is 0 Å². The minimum Gasteiger partial charge on any atom is -0.459 e. The molecule has 1 N–H and O–H groups in total. The van der Waals surface area contributed by atoms with Crippen LogP contribution in [0, 0.1) is 5.92 Å². The fraction of sp³-hybridized carbons (Fsp3) is 0.278. The fourth-order valence-corrected chi connectivity index (χ4v) is 3.93. The van der Waals surface area contributed by atoms with Gasteiger partial charge >= 0.3 is 0 Å². The molecule has 7 heteroatoms. The van der Waals surface area contributed by atoms with Gasteiger partial charge in [0.1, 0.15) is 0 Å². The molecule has 2 amide bonds. The van der Waals surface area contributed by atoms with Gasteiger partial charge in [0.05, 0.1) is 22.4 Å². The molecule has 3 aromatic rings. The Hall–Kier alpha value is -2.67. The number of para-hydroxylation sites is 1. The summed E-state index contributed by atoms with van der Waals surface area (Å²) < 4.78 is 6.21. The summed E-state index contributed by atoms with van der Waals surface area (Å²) in [5, 5.41) is 3.50. The SMILES string of the molecule is O=C(Nc1nc2ccccc2s1)C1CCCN(C(=O)c2ccco2)C1. The number of furan rings is 1. The van der Waals surface area contributed by atoms with Crippen LogP contribution >= 0.6 is 11.3 Å². The number of likely N-dealkylation sites (tertiary alicyclic amines) is 1. The van der Waals surface area contributed by atoms with E-state index in [9.17, 15) is 9.59 Å². The molecule has 1 aliphatic rings. The Morgan fingerprint density at radius 2 is 2.12 bits per heavy atom. The first kappa shape index (κ1) is 15.8. The number of piperidine rings is 1. The number of benzene rings is 1. The number of aromatic nitrogens is 1. The highest BCUT2D eigenvalue weighted by Gasteiger charge is 2.30. The molecule has 0 aliphatic carbocycles. The lowest BCUT2D eigenvalue weighted by Crippen LogP contribution is -2.43. The van der Waals surface area contributed by atoms with E-state index >= 15 is 0 Å². The van der Waals surface area contributed by atoms with Crippen molar-refractivity contribution in [1.82, 2.24) is 9.88 Å². The molecule has 0 radical (unpaired) electrons. The molecule has 0 spiro atoms. The molecule has 2 aromatic heterocycles. The fourth-order valence-electron chi connectivity index (χ4n) is 3.06. The van der Waals surface area contributed by atoms with Crippen molar-refractivity contribution in [3.63, 3.8) is 0 Å². The van der Waals surface area contributed by atoms with Crippen LogP contribution in [0.1, 0.15) is 23.4 Å². The Morgan fingerprint density at radius 1 is 1.24 bits per heavy atom. The number of nitrogens with zero attached hydrogens (tertiary/aromatic N) is 2. The van der Waals surface area contributed by atoms with Gasteiger partial charge in [0.15, 0.2) is 10.9 Å². The Morgan fingerprint density at radius 3 is 2.92 bits per heavy atom. The molecule has 1 aliphatic heterocycles. The summed E-state index contributed by atoms with van der Waals surface area (Å²) in [6.45, 7) is 1.04. The molecule has 1 unspecified atom stereocenters. The van der Waals surface area contributed by atoms with Crippen molar-refractivity contribution in [2.75, 3.05) is 18.4 Å². The van der Waals surface area contributed by atoms with Gasteiger partial charge in [-0.25, -0.2) is 4.98 Å². The maximum absolute atomic E-state index is 12.6. The first-order chi connectivity index (χ1) is 12.2. The summed E-state index contributed by atoms with van der Waals surface area (Å²) in [5.41, 5.74) is 0.876. The number of thiazole rings is 1. The van der Waals surface area contributed by atoms with Gasteiger partial charge in [0, 0.05) is 13.1 Å². The largest absolute Gasteiger partial charge is 0.459 e. The van der Waals surface area contributed by atoms with Crippen LogP contribution in [-0.2, 0) is 4.79 Å². The molecule has 128 valence electrons. The first-order valence-electron chi connectivity index (χ1n) is 8.20. The Balaban J connectivity index is 1.43. The summed E-state index contributed by atoms with van der Waals surface area (Å²) >= 11 is 1.46. The topological polar surface area (TPSA) is 75.4 Å². The van der Waals surface area contributed by atoms with Gasteiger partial charge in [-0.1, -0.05) is 23.5 Å². The number of anilines is 1. The predicted octanol–water partition coefficient (Wildman–Crippen LogP) is 3.38. The van der Waals surface area contributed by atoms with Gasteiger partial charge in [-0.05, 0) is 37.1 Å². The molecule has 25 heavy (non-hydrogen) atoms. The second kappa shape index (κ2) is 6.68. The van der Waals surface area contributed by atoms with Crippen LogP contribution in [0.2, 0.25) is 0 Å². The Kier molecular flexibility index (Phi) is 4.23. The summed E-state index contributed by atoms with van der Waals surface area (Å²) in [6.07, 6.45) is 3.04. The smallest absolute Gasteiger partial charge is 0.289 e. The maximum Gasteiger partial charge on any atom is 0.289 e. The average Bonchev–Trinajstić information content (AvgIpc) is 3.30. The molecule has 4 rings (SSSR count). The van der Waals surface area contributed by atoms with Gasteiger partial charge in [-0.3, -0.25) is 9.59 Å². The minimum absolute atomic E-state index is 0.0870. The Labute approximate surface area is 148 Å². The summed E-state index contributed by atoms with van der Waals surface area (Å²) in [6, 6.07) is 11.1. The quantitative estimate of drug-likeness (QED) is 0.781. The van der Waals surface area contributed by atoms with Gasteiger partial charge in [0.2, 0.25) is 5.91 Å². The maximum atomic E-state index is 12.6. The first-order valence-corrected chi connectivity index (χ1v) is 9.01. The third-order valence-electron chi connectivity index (χ3n) is 4.34. The summed E-state index contributed by atoms with van der Waals surface area (Å²) in [5.74, 6) is -0.176. The number of carbonyl (C=O) groups excluding carboxylic acids is 2. The zero-order chi connectivity index (χ0) is 17.2. The Bertz CT molecular complexity index is 870. The van der Waals surface area contributed by atoms with Crippen LogP contribution in [0.15, 0.2) is 47.1 Å². The zero-order valence-corrected chi connectivity index (χ0v) is 14.3. The van der Waals surface area contributed by atoms with E-state index in [1.165, 1.54) is 17.6 Å². The molecule has 0 bridgehead atoms.